The lowest BCUT2D eigenvalue weighted by Crippen LogP contribution is -2.24. The van der Waals surface area contributed by atoms with Gasteiger partial charge in [-0.3, -0.25) is 9.63 Å². The van der Waals surface area contributed by atoms with Gasteiger partial charge in [0, 0.05) is 17.4 Å². The third-order valence-electron chi connectivity index (χ3n) is 2.55. The molecule has 0 saturated carbocycles. The number of nitrogens with zero attached hydrogens (tertiary/aromatic N) is 1. The summed E-state index contributed by atoms with van der Waals surface area (Å²) in [6.07, 6.45) is 0. The lowest BCUT2D eigenvalue weighted by molar-refractivity contribution is 0.0528. The van der Waals surface area contributed by atoms with Crippen molar-refractivity contribution in [3.63, 3.8) is 0 Å². The summed E-state index contributed by atoms with van der Waals surface area (Å²) in [6.45, 7) is 2.76. The van der Waals surface area contributed by atoms with Crippen molar-refractivity contribution >= 4 is 16.8 Å². The number of hydrogen-bond acceptors (Lipinski definition) is 2. The van der Waals surface area contributed by atoms with Crippen LogP contribution in [-0.2, 0) is 11.4 Å². The molecule has 0 radical (unpaired) electrons. The fourth-order valence-electron chi connectivity index (χ4n) is 1.88. The van der Waals surface area contributed by atoms with Crippen LogP contribution < -0.4 is 5.48 Å². The number of para-hydroxylation sites is 1. The van der Waals surface area contributed by atoms with Crippen molar-refractivity contribution in [2.45, 2.75) is 13.5 Å². The summed E-state index contributed by atoms with van der Waals surface area (Å²) in [7, 11) is 1.43. The predicted octanol–water partition coefficient (Wildman–Crippen LogP) is 1.95. The Bertz CT molecular complexity index is 517. The van der Waals surface area contributed by atoms with E-state index in [0.29, 0.717) is 5.69 Å². The Balaban J connectivity index is 2.56. The first-order chi connectivity index (χ1) is 7.77. The lowest BCUT2D eigenvalue weighted by atomic mass is 10.2. The maximum atomic E-state index is 11.7. The summed E-state index contributed by atoms with van der Waals surface area (Å²) < 4.78 is 1.96. The van der Waals surface area contributed by atoms with Crippen molar-refractivity contribution in [2.24, 2.45) is 0 Å². The number of fused-ring (bicyclic) bond motifs is 1. The quantitative estimate of drug-likeness (QED) is 0.800. The maximum absolute atomic E-state index is 11.7. The number of nitrogens with one attached hydrogen (secondary N) is 1. The molecule has 0 spiro atoms. The van der Waals surface area contributed by atoms with E-state index in [1.807, 2.05) is 41.8 Å². The zero-order chi connectivity index (χ0) is 11.5. The average Bonchev–Trinajstić information content (AvgIpc) is 2.67. The number of carbonyl (C=O) groups excluding carboxylic acids is 1. The minimum absolute atomic E-state index is 0.222. The average molecular weight is 218 g/mol. The topological polar surface area (TPSA) is 43.3 Å². The van der Waals surface area contributed by atoms with E-state index in [1.54, 1.807) is 0 Å². The molecule has 0 aliphatic heterocycles. The second kappa shape index (κ2) is 4.37. The molecule has 16 heavy (non-hydrogen) atoms. The van der Waals surface area contributed by atoms with Crippen molar-refractivity contribution in [3.8, 4) is 0 Å². The van der Waals surface area contributed by atoms with Crippen molar-refractivity contribution < 1.29 is 9.63 Å². The summed E-state index contributed by atoms with van der Waals surface area (Å²) in [5, 5.41) is 1.06. The third-order valence-corrected chi connectivity index (χ3v) is 2.55. The monoisotopic (exact) mass is 218 g/mol. The van der Waals surface area contributed by atoms with Gasteiger partial charge < -0.3 is 4.57 Å². The molecule has 1 aromatic heterocycles. The van der Waals surface area contributed by atoms with Crippen LogP contribution in [0.1, 0.15) is 17.4 Å². The molecule has 84 valence electrons. The molecule has 0 aliphatic rings. The van der Waals surface area contributed by atoms with Crippen LogP contribution in [0.5, 0.6) is 0 Å². The Labute approximate surface area is 93.8 Å². The SMILES string of the molecule is CCn1c(C(=O)NOC)cc2ccccc21. The summed E-state index contributed by atoms with van der Waals surface area (Å²) in [6, 6.07) is 9.79. The van der Waals surface area contributed by atoms with Crippen LogP contribution in [0.3, 0.4) is 0 Å². The normalized spacial score (nSPS) is 10.6. The zero-order valence-electron chi connectivity index (χ0n) is 9.36. The van der Waals surface area contributed by atoms with E-state index in [2.05, 4.69) is 10.3 Å². The standard InChI is InChI=1S/C12H14N2O2/c1-3-14-10-7-5-4-6-9(10)8-11(14)12(15)13-16-2/h4-8H,3H2,1-2H3,(H,13,15). The van der Waals surface area contributed by atoms with Gasteiger partial charge in [0.05, 0.1) is 7.11 Å². The molecule has 4 nitrogen and oxygen atoms in total. The molecule has 1 aromatic carbocycles. The van der Waals surface area contributed by atoms with Crippen LogP contribution in [0.25, 0.3) is 10.9 Å². The molecule has 2 rings (SSSR count). The maximum Gasteiger partial charge on any atom is 0.291 e. The van der Waals surface area contributed by atoms with Crippen LogP contribution >= 0.6 is 0 Å². The van der Waals surface area contributed by atoms with Crippen LogP contribution in [0.4, 0.5) is 0 Å². The smallest absolute Gasteiger partial charge is 0.291 e. The minimum Gasteiger partial charge on any atom is -0.337 e. The number of aryl methyl sites for hydroxylation is 1. The highest BCUT2D eigenvalue weighted by molar-refractivity contribution is 5.98. The van der Waals surface area contributed by atoms with Crippen LogP contribution in [0.15, 0.2) is 30.3 Å². The number of hydroxylamine groups is 1. The van der Waals surface area contributed by atoms with Gasteiger partial charge in [-0.1, -0.05) is 18.2 Å². The minimum atomic E-state index is -0.222. The van der Waals surface area contributed by atoms with Gasteiger partial charge in [-0.25, -0.2) is 5.48 Å². The second-order valence-electron chi connectivity index (χ2n) is 3.47. The van der Waals surface area contributed by atoms with Gasteiger partial charge in [-0.05, 0) is 19.1 Å². The van der Waals surface area contributed by atoms with Crippen LogP contribution in [0.2, 0.25) is 0 Å². The Kier molecular flexibility index (Phi) is 2.92. The van der Waals surface area contributed by atoms with E-state index in [-0.39, 0.29) is 5.91 Å². The van der Waals surface area contributed by atoms with E-state index in [4.69, 9.17) is 0 Å². The van der Waals surface area contributed by atoms with Gasteiger partial charge in [0.1, 0.15) is 5.69 Å². The fraction of sp³-hybridized carbons (Fsp3) is 0.250. The summed E-state index contributed by atoms with van der Waals surface area (Å²) in [5.74, 6) is -0.222. The zero-order valence-corrected chi connectivity index (χ0v) is 9.36. The Morgan fingerprint density at radius 1 is 1.44 bits per heavy atom. The van der Waals surface area contributed by atoms with E-state index in [0.717, 1.165) is 17.4 Å². The van der Waals surface area contributed by atoms with Gasteiger partial charge in [0.2, 0.25) is 0 Å². The Morgan fingerprint density at radius 2 is 2.19 bits per heavy atom. The van der Waals surface area contributed by atoms with E-state index in [1.165, 1.54) is 7.11 Å². The van der Waals surface area contributed by atoms with Gasteiger partial charge in [0.25, 0.3) is 5.91 Å². The number of rotatable bonds is 3. The highest BCUT2D eigenvalue weighted by Gasteiger charge is 2.13. The third kappa shape index (κ3) is 1.67. The number of amides is 1. The molecule has 0 unspecified atom stereocenters. The molecule has 0 atom stereocenters. The summed E-state index contributed by atoms with van der Waals surface area (Å²) in [5.41, 5.74) is 4.02. The van der Waals surface area contributed by atoms with Crippen molar-refractivity contribution in [2.75, 3.05) is 7.11 Å². The molecule has 1 N–H and O–H groups in total. The lowest BCUT2D eigenvalue weighted by Gasteiger charge is -2.06. The first-order valence-electron chi connectivity index (χ1n) is 5.19. The fourth-order valence-corrected chi connectivity index (χ4v) is 1.88. The van der Waals surface area contributed by atoms with Crippen LogP contribution in [0, 0.1) is 0 Å². The van der Waals surface area contributed by atoms with Gasteiger partial charge in [-0.2, -0.15) is 0 Å². The summed E-state index contributed by atoms with van der Waals surface area (Å²) >= 11 is 0. The second-order valence-corrected chi connectivity index (χ2v) is 3.47. The molecular formula is C12H14N2O2. The first-order valence-corrected chi connectivity index (χ1v) is 5.19. The first kappa shape index (κ1) is 10.7. The largest absolute Gasteiger partial charge is 0.337 e. The van der Waals surface area contributed by atoms with E-state index >= 15 is 0 Å². The van der Waals surface area contributed by atoms with E-state index < -0.39 is 0 Å². The molecule has 1 heterocycles. The number of hydrogen-bond donors (Lipinski definition) is 1. The number of aromatic nitrogens is 1. The molecule has 4 heteroatoms. The Hall–Kier alpha value is -1.81. The Morgan fingerprint density at radius 3 is 2.88 bits per heavy atom. The molecule has 2 aromatic rings. The van der Waals surface area contributed by atoms with Gasteiger partial charge >= 0.3 is 0 Å². The number of benzene rings is 1. The van der Waals surface area contributed by atoms with Crippen molar-refractivity contribution in [3.05, 3.63) is 36.0 Å². The van der Waals surface area contributed by atoms with Crippen molar-refractivity contribution in [1.29, 1.82) is 0 Å². The predicted molar refractivity (Wildman–Crippen MR) is 62.1 cm³/mol. The molecule has 1 amide bonds. The molecule has 0 bridgehead atoms. The van der Waals surface area contributed by atoms with Gasteiger partial charge in [0.15, 0.2) is 0 Å². The van der Waals surface area contributed by atoms with E-state index in [9.17, 15) is 4.79 Å². The summed E-state index contributed by atoms with van der Waals surface area (Å²) in [4.78, 5) is 16.4. The highest BCUT2D eigenvalue weighted by Crippen LogP contribution is 2.19. The van der Waals surface area contributed by atoms with Crippen LogP contribution in [-0.4, -0.2) is 17.6 Å². The highest BCUT2D eigenvalue weighted by atomic mass is 16.6. The van der Waals surface area contributed by atoms with Crippen molar-refractivity contribution in [1.82, 2.24) is 10.0 Å². The number of carbonyl (C=O) groups is 1. The molecule has 0 aliphatic carbocycles. The molecular weight excluding hydrogens is 204 g/mol. The molecule has 0 fully saturated rings. The van der Waals surface area contributed by atoms with Gasteiger partial charge in [-0.15, -0.1) is 0 Å². The molecule has 0 saturated heterocycles.